The van der Waals surface area contributed by atoms with Crippen LogP contribution in [-0.2, 0) is 0 Å². The Morgan fingerprint density at radius 3 is 2.84 bits per heavy atom. The Morgan fingerprint density at radius 1 is 1.26 bits per heavy atom. The van der Waals surface area contributed by atoms with Gasteiger partial charge in [-0.1, -0.05) is 22.0 Å². The summed E-state index contributed by atoms with van der Waals surface area (Å²) in [7, 11) is 0. The quantitative estimate of drug-likeness (QED) is 0.847. The van der Waals surface area contributed by atoms with E-state index in [9.17, 15) is 0 Å². The van der Waals surface area contributed by atoms with Crippen LogP contribution in [0.2, 0.25) is 0 Å². The fourth-order valence-electron chi connectivity index (χ4n) is 1.52. The fraction of sp³-hybridized carbons (Fsp3) is 0.154. The Hall–Kier alpha value is -2.13. The largest absolute Gasteiger partial charge is 0.357 e. The van der Waals surface area contributed by atoms with Gasteiger partial charge in [0, 0.05) is 16.2 Å². The molecule has 2 aromatic rings. The molecule has 1 heterocycles. The van der Waals surface area contributed by atoms with Crippen molar-refractivity contribution in [3.63, 3.8) is 0 Å². The molecule has 0 amide bonds. The number of benzene rings is 1. The van der Waals surface area contributed by atoms with E-state index in [1.54, 1.807) is 6.07 Å². The minimum Gasteiger partial charge on any atom is -0.357 e. The third-order valence-electron chi connectivity index (χ3n) is 2.48. The predicted octanol–water partition coefficient (Wildman–Crippen LogP) is 3.23. The summed E-state index contributed by atoms with van der Waals surface area (Å²) in [6, 6.07) is 9.75. The number of nitrogens with one attached hydrogen (secondary N) is 2. The lowest BCUT2D eigenvalue weighted by Gasteiger charge is -2.10. The van der Waals surface area contributed by atoms with Gasteiger partial charge in [0.1, 0.15) is 24.5 Å². The molecule has 19 heavy (non-hydrogen) atoms. The van der Waals surface area contributed by atoms with Crippen LogP contribution in [0.4, 0.5) is 17.3 Å². The molecule has 0 aliphatic heterocycles. The molecule has 0 saturated carbocycles. The number of hydrogen-bond donors (Lipinski definition) is 2. The minimum atomic E-state index is 0.215. The lowest BCUT2D eigenvalue weighted by molar-refractivity contribution is 1.14. The van der Waals surface area contributed by atoms with Crippen LogP contribution < -0.4 is 10.6 Å². The zero-order valence-electron chi connectivity index (χ0n) is 10.3. The number of anilines is 3. The molecule has 0 bridgehead atoms. The summed E-state index contributed by atoms with van der Waals surface area (Å²) in [6.45, 7) is 2.23. The highest BCUT2D eigenvalue weighted by Gasteiger charge is 2.02. The molecule has 1 aromatic carbocycles. The Bertz CT molecular complexity index is 621. The van der Waals surface area contributed by atoms with Crippen molar-refractivity contribution >= 4 is 33.3 Å². The molecule has 0 saturated heterocycles. The highest BCUT2D eigenvalue weighted by molar-refractivity contribution is 9.10. The van der Waals surface area contributed by atoms with Crippen molar-refractivity contribution in [1.29, 1.82) is 5.26 Å². The van der Waals surface area contributed by atoms with Gasteiger partial charge in [-0.25, -0.2) is 9.97 Å². The van der Waals surface area contributed by atoms with Gasteiger partial charge in [-0.2, -0.15) is 5.26 Å². The molecule has 0 atom stereocenters. The monoisotopic (exact) mass is 317 g/mol. The Kier molecular flexibility index (Phi) is 4.31. The summed E-state index contributed by atoms with van der Waals surface area (Å²) in [5.41, 5.74) is 2.09. The van der Waals surface area contributed by atoms with Gasteiger partial charge in [0.05, 0.1) is 6.07 Å². The van der Waals surface area contributed by atoms with Gasteiger partial charge in [-0.05, 0) is 24.6 Å². The summed E-state index contributed by atoms with van der Waals surface area (Å²) in [6.07, 6.45) is 1.45. The second kappa shape index (κ2) is 6.16. The Morgan fingerprint density at radius 2 is 2.05 bits per heavy atom. The molecule has 2 N–H and O–H groups in total. The van der Waals surface area contributed by atoms with Crippen molar-refractivity contribution in [3.8, 4) is 6.07 Å². The second-order valence-electron chi connectivity index (χ2n) is 3.88. The van der Waals surface area contributed by atoms with E-state index in [2.05, 4.69) is 36.5 Å². The molecule has 0 unspecified atom stereocenters. The van der Waals surface area contributed by atoms with E-state index < -0.39 is 0 Å². The molecular weight excluding hydrogens is 306 g/mol. The number of aryl methyl sites for hydroxylation is 1. The summed E-state index contributed by atoms with van der Waals surface area (Å²) in [4.78, 5) is 8.19. The lowest BCUT2D eigenvalue weighted by atomic mass is 10.2. The first-order chi connectivity index (χ1) is 9.19. The molecule has 0 spiro atoms. The number of hydrogen-bond acceptors (Lipinski definition) is 5. The maximum atomic E-state index is 8.52. The topological polar surface area (TPSA) is 73.6 Å². The minimum absolute atomic E-state index is 0.215. The van der Waals surface area contributed by atoms with Crippen molar-refractivity contribution in [2.24, 2.45) is 0 Å². The molecule has 0 aliphatic rings. The summed E-state index contributed by atoms with van der Waals surface area (Å²) in [5, 5.41) is 14.6. The Labute approximate surface area is 119 Å². The van der Waals surface area contributed by atoms with E-state index in [0.717, 1.165) is 15.7 Å². The molecule has 0 fully saturated rings. The average molecular weight is 318 g/mol. The number of nitrogens with zero attached hydrogens (tertiary/aromatic N) is 3. The molecule has 2 rings (SSSR count). The lowest BCUT2D eigenvalue weighted by Crippen LogP contribution is -2.03. The highest BCUT2D eigenvalue weighted by Crippen LogP contribution is 2.24. The molecule has 5 nitrogen and oxygen atoms in total. The van der Waals surface area contributed by atoms with Crippen LogP contribution >= 0.6 is 15.9 Å². The van der Waals surface area contributed by atoms with Gasteiger partial charge in [0.15, 0.2) is 0 Å². The van der Waals surface area contributed by atoms with Crippen molar-refractivity contribution in [3.05, 3.63) is 40.6 Å². The smallest absolute Gasteiger partial charge is 0.135 e. The number of nitriles is 1. The van der Waals surface area contributed by atoms with E-state index in [1.807, 2.05) is 31.2 Å². The van der Waals surface area contributed by atoms with Gasteiger partial charge in [-0.3, -0.25) is 0 Å². The molecule has 6 heteroatoms. The van der Waals surface area contributed by atoms with Crippen LogP contribution in [0.3, 0.4) is 0 Å². The predicted molar refractivity (Wildman–Crippen MR) is 78.3 cm³/mol. The zero-order chi connectivity index (χ0) is 13.7. The summed E-state index contributed by atoms with van der Waals surface area (Å²) < 4.78 is 0.998. The first kappa shape index (κ1) is 13.3. The molecule has 0 aliphatic carbocycles. The van der Waals surface area contributed by atoms with E-state index in [0.29, 0.717) is 11.6 Å². The zero-order valence-corrected chi connectivity index (χ0v) is 11.9. The molecule has 1 aromatic heterocycles. The fourth-order valence-corrected chi connectivity index (χ4v) is 1.88. The standard InChI is InChI=1S/C13H12BrN5/c1-9-2-3-10(14)6-11(9)19-13-7-12(16-5-4-15)17-8-18-13/h2-3,6-8H,5H2,1H3,(H2,16,17,18,19). The van der Waals surface area contributed by atoms with Crippen molar-refractivity contribution in [1.82, 2.24) is 9.97 Å². The average Bonchev–Trinajstić information content (AvgIpc) is 2.41. The maximum absolute atomic E-state index is 8.52. The van der Waals surface area contributed by atoms with Crippen molar-refractivity contribution in [2.45, 2.75) is 6.92 Å². The summed E-state index contributed by atoms with van der Waals surface area (Å²) in [5.74, 6) is 1.29. The van der Waals surface area contributed by atoms with Gasteiger partial charge in [0.2, 0.25) is 0 Å². The van der Waals surface area contributed by atoms with E-state index in [1.165, 1.54) is 6.33 Å². The Balaban J connectivity index is 2.19. The normalized spacial score (nSPS) is 9.74. The van der Waals surface area contributed by atoms with E-state index in [4.69, 9.17) is 5.26 Å². The second-order valence-corrected chi connectivity index (χ2v) is 4.80. The third kappa shape index (κ3) is 3.66. The summed E-state index contributed by atoms with van der Waals surface area (Å²) >= 11 is 3.44. The van der Waals surface area contributed by atoms with E-state index in [-0.39, 0.29) is 6.54 Å². The van der Waals surface area contributed by atoms with Crippen LogP contribution in [0.25, 0.3) is 0 Å². The van der Waals surface area contributed by atoms with Crippen LogP contribution in [0.15, 0.2) is 35.1 Å². The van der Waals surface area contributed by atoms with Crippen LogP contribution in [0, 0.1) is 18.3 Å². The third-order valence-corrected chi connectivity index (χ3v) is 2.97. The van der Waals surface area contributed by atoms with Crippen molar-refractivity contribution in [2.75, 3.05) is 17.2 Å². The van der Waals surface area contributed by atoms with Gasteiger partial charge in [0.25, 0.3) is 0 Å². The SMILES string of the molecule is Cc1ccc(Br)cc1Nc1cc(NCC#N)ncn1. The molecule has 0 radical (unpaired) electrons. The first-order valence-electron chi connectivity index (χ1n) is 5.65. The van der Waals surface area contributed by atoms with E-state index >= 15 is 0 Å². The number of halogens is 1. The van der Waals surface area contributed by atoms with Crippen LogP contribution in [0.1, 0.15) is 5.56 Å². The highest BCUT2D eigenvalue weighted by atomic mass is 79.9. The van der Waals surface area contributed by atoms with Crippen molar-refractivity contribution < 1.29 is 0 Å². The van der Waals surface area contributed by atoms with Crippen LogP contribution in [-0.4, -0.2) is 16.5 Å². The molecule has 96 valence electrons. The van der Waals surface area contributed by atoms with Crippen LogP contribution in [0.5, 0.6) is 0 Å². The number of rotatable bonds is 4. The molecular formula is C13H12BrN5. The van der Waals surface area contributed by atoms with Gasteiger partial charge in [-0.15, -0.1) is 0 Å². The van der Waals surface area contributed by atoms with Gasteiger partial charge < -0.3 is 10.6 Å². The van der Waals surface area contributed by atoms with Gasteiger partial charge >= 0.3 is 0 Å². The number of aromatic nitrogens is 2. The first-order valence-corrected chi connectivity index (χ1v) is 6.44. The maximum Gasteiger partial charge on any atom is 0.135 e.